The van der Waals surface area contributed by atoms with Gasteiger partial charge in [0, 0.05) is 42.1 Å². The predicted octanol–water partition coefficient (Wildman–Crippen LogP) is 3.55. The molecule has 1 aliphatic carbocycles. The van der Waals surface area contributed by atoms with E-state index in [1.807, 2.05) is 12.3 Å². The van der Waals surface area contributed by atoms with E-state index in [1.54, 1.807) is 6.92 Å². The number of carbonyl (C=O) groups is 3. The van der Waals surface area contributed by atoms with E-state index in [0.29, 0.717) is 23.8 Å². The quantitative estimate of drug-likeness (QED) is 0.549. The molecule has 1 aromatic heterocycles. The number of rotatable bonds is 7. The lowest BCUT2D eigenvalue weighted by Gasteiger charge is -2.35. The molecule has 180 valence electrons. The molecule has 4 rings (SSSR count). The third-order valence-electron chi connectivity index (χ3n) is 5.88. The maximum Gasteiger partial charge on any atom is 0.236 e. The van der Waals surface area contributed by atoms with Crippen LogP contribution >= 0.6 is 22.9 Å². The number of amides is 1. The number of hydrogen-bond acceptors (Lipinski definition) is 9. The first-order chi connectivity index (χ1) is 16.2. The van der Waals surface area contributed by atoms with Gasteiger partial charge in [0.15, 0.2) is 10.9 Å². The van der Waals surface area contributed by atoms with Gasteiger partial charge in [-0.3, -0.25) is 14.4 Å². The Kier molecular flexibility index (Phi) is 6.55. The number of benzene rings is 1. The number of thiazole rings is 1. The molecule has 2 N–H and O–H groups in total. The standard InChI is InChI=1S/C23H24ClN3O6S/c1-11-7-13(25-6-5-17(29)27-22-26-12(2)10-34-22)8-16(28)23(11)21(30)18-14(31-3)9-15(32-4)19(24)20(18)33-23/h8-11,25H,5-7H2,1-4H3,(H,26,27,29). The summed E-state index contributed by atoms with van der Waals surface area (Å²) in [5, 5.41) is 8.38. The van der Waals surface area contributed by atoms with Gasteiger partial charge in [0.05, 0.1) is 19.9 Å². The van der Waals surface area contributed by atoms with Gasteiger partial charge in [0.2, 0.25) is 23.1 Å². The number of anilines is 1. The van der Waals surface area contributed by atoms with E-state index in [0.717, 1.165) is 5.69 Å². The van der Waals surface area contributed by atoms with Gasteiger partial charge in [-0.05, 0) is 13.3 Å². The number of halogens is 1. The number of aromatic nitrogens is 1. The van der Waals surface area contributed by atoms with E-state index < -0.39 is 23.1 Å². The molecular formula is C23H24ClN3O6S. The Hall–Kier alpha value is -3.11. The minimum absolute atomic E-state index is 0.0852. The number of nitrogens with one attached hydrogen (secondary N) is 2. The first-order valence-electron chi connectivity index (χ1n) is 10.6. The molecule has 2 heterocycles. The molecule has 1 aromatic carbocycles. The number of ether oxygens (including phenoxy) is 3. The van der Waals surface area contributed by atoms with Crippen LogP contribution in [-0.4, -0.2) is 48.8 Å². The Morgan fingerprint density at radius 3 is 2.68 bits per heavy atom. The average molecular weight is 506 g/mol. The van der Waals surface area contributed by atoms with Crippen molar-refractivity contribution in [1.29, 1.82) is 0 Å². The fraction of sp³-hybridized carbons (Fsp3) is 0.391. The molecule has 34 heavy (non-hydrogen) atoms. The molecule has 2 aromatic rings. The largest absolute Gasteiger partial charge is 0.496 e. The van der Waals surface area contributed by atoms with Crippen molar-refractivity contribution >= 4 is 45.5 Å². The monoisotopic (exact) mass is 505 g/mol. The van der Waals surface area contributed by atoms with Crippen molar-refractivity contribution in [2.45, 2.75) is 32.3 Å². The van der Waals surface area contributed by atoms with Crippen LogP contribution < -0.4 is 24.8 Å². The van der Waals surface area contributed by atoms with Crippen LogP contribution in [0.25, 0.3) is 0 Å². The molecule has 2 unspecified atom stereocenters. The Bertz CT molecular complexity index is 1210. The highest BCUT2D eigenvalue weighted by molar-refractivity contribution is 7.13. The van der Waals surface area contributed by atoms with E-state index in [4.69, 9.17) is 25.8 Å². The van der Waals surface area contributed by atoms with Crippen LogP contribution in [0.4, 0.5) is 5.13 Å². The Labute approximate surface area is 205 Å². The van der Waals surface area contributed by atoms with Gasteiger partial charge >= 0.3 is 0 Å². The van der Waals surface area contributed by atoms with Gasteiger partial charge in [0.1, 0.15) is 22.1 Å². The zero-order valence-electron chi connectivity index (χ0n) is 19.1. The zero-order chi connectivity index (χ0) is 24.6. The van der Waals surface area contributed by atoms with Crippen molar-refractivity contribution in [3.8, 4) is 17.2 Å². The van der Waals surface area contributed by atoms with E-state index in [1.165, 1.54) is 37.7 Å². The lowest BCUT2D eigenvalue weighted by Crippen LogP contribution is -2.55. The molecule has 0 radical (unpaired) electrons. The summed E-state index contributed by atoms with van der Waals surface area (Å²) in [7, 11) is 2.86. The molecule has 0 saturated carbocycles. The van der Waals surface area contributed by atoms with Gasteiger partial charge in [-0.1, -0.05) is 18.5 Å². The van der Waals surface area contributed by atoms with Crippen molar-refractivity contribution in [3.63, 3.8) is 0 Å². The number of Topliss-reactive ketones (excluding diaryl/α,β-unsaturated/α-hetero) is 1. The molecule has 1 amide bonds. The second-order valence-electron chi connectivity index (χ2n) is 8.12. The number of ketones is 2. The summed E-state index contributed by atoms with van der Waals surface area (Å²) in [6, 6.07) is 1.50. The molecule has 0 bridgehead atoms. The molecular weight excluding hydrogens is 482 g/mol. The van der Waals surface area contributed by atoms with Gasteiger partial charge in [-0.15, -0.1) is 11.3 Å². The summed E-state index contributed by atoms with van der Waals surface area (Å²) < 4.78 is 16.6. The van der Waals surface area contributed by atoms with Crippen LogP contribution in [0.15, 0.2) is 23.2 Å². The van der Waals surface area contributed by atoms with Crippen LogP contribution in [0.3, 0.4) is 0 Å². The molecule has 9 nitrogen and oxygen atoms in total. The molecule has 0 fully saturated rings. The number of nitrogens with zero attached hydrogens (tertiary/aromatic N) is 1. The molecule has 2 aliphatic rings. The third kappa shape index (κ3) is 4.01. The zero-order valence-corrected chi connectivity index (χ0v) is 20.7. The highest BCUT2D eigenvalue weighted by Gasteiger charge is 2.60. The molecule has 1 aliphatic heterocycles. The second kappa shape index (κ2) is 9.27. The summed E-state index contributed by atoms with van der Waals surface area (Å²) in [6.45, 7) is 3.94. The topological polar surface area (TPSA) is 116 Å². The van der Waals surface area contributed by atoms with Crippen molar-refractivity contribution in [1.82, 2.24) is 10.3 Å². The van der Waals surface area contributed by atoms with E-state index >= 15 is 0 Å². The van der Waals surface area contributed by atoms with Crippen molar-refractivity contribution in [3.05, 3.63) is 39.5 Å². The van der Waals surface area contributed by atoms with Gasteiger partial charge in [-0.25, -0.2) is 4.98 Å². The number of methoxy groups -OCH3 is 2. The van der Waals surface area contributed by atoms with Crippen molar-refractivity contribution in [2.75, 3.05) is 26.1 Å². The van der Waals surface area contributed by atoms with Crippen LogP contribution in [-0.2, 0) is 9.59 Å². The Morgan fingerprint density at radius 2 is 2.06 bits per heavy atom. The highest BCUT2D eigenvalue weighted by Crippen LogP contribution is 2.52. The lowest BCUT2D eigenvalue weighted by atomic mass is 9.74. The van der Waals surface area contributed by atoms with E-state index in [-0.39, 0.29) is 40.2 Å². The van der Waals surface area contributed by atoms with Gasteiger partial charge in [-0.2, -0.15) is 0 Å². The predicted molar refractivity (Wildman–Crippen MR) is 127 cm³/mol. The summed E-state index contributed by atoms with van der Waals surface area (Å²) in [5.74, 6) is -1.07. The van der Waals surface area contributed by atoms with Crippen LogP contribution in [0.2, 0.25) is 5.02 Å². The van der Waals surface area contributed by atoms with Gasteiger partial charge < -0.3 is 24.8 Å². The number of carbonyl (C=O) groups excluding carboxylic acids is 3. The Morgan fingerprint density at radius 1 is 1.32 bits per heavy atom. The van der Waals surface area contributed by atoms with E-state index in [2.05, 4.69) is 15.6 Å². The number of hydrogen-bond donors (Lipinski definition) is 2. The third-order valence-corrected chi connectivity index (χ3v) is 7.11. The number of aryl methyl sites for hydroxylation is 1. The molecule has 11 heteroatoms. The first kappa shape index (κ1) is 24.0. The van der Waals surface area contributed by atoms with Crippen LogP contribution in [0, 0.1) is 12.8 Å². The van der Waals surface area contributed by atoms with E-state index in [9.17, 15) is 14.4 Å². The second-order valence-corrected chi connectivity index (χ2v) is 9.36. The molecule has 1 spiro atoms. The first-order valence-corrected chi connectivity index (χ1v) is 11.9. The van der Waals surface area contributed by atoms with Crippen molar-refractivity contribution < 1.29 is 28.6 Å². The van der Waals surface area contributed by atoms with Crippen LogP contribution in [0.1, 0.15) is 35.8 Å². The molecule has 2 atom stereocenters. The smallest absolute Gasteiger partial charge is 0.236 e. The number of allylic oxidation sites excluding steroid dienone is 1. The van der Waals surface area contributed by atoms with Crippen molar-refractivity contribution in [2.24, 2.45) is 5.92 Å². The summed E-state index contributed by atoms with van der Waals surface area (Å²) in [4.78, 5) is 43.1. The average Bonchev–Trinajstić information content (AvgIpc) is 3.34. The summed E-state index contributed by atoms with van der Waals surface area (Å²) in [6.07, 6.45) is 1.93. The summed E-state index contributed by atoms with van der Waals surface area (Å²) in [5.41, 5.74) is -0.122. The molecule has 0 saturated heterocycles. The summed E-state index contributed by atoms with van der Waals surface area (Å²) >= 11 is 7.75. The maximum atomic E-state index is 13.5. The number of fused-ring (bicyclic) bond motifs is 1. The lowest BCUT2D eigenvalue weighted by molar-refractivity contribution is -0.129. The normalized spacial score (nSPS) is 21.1. The minimum Gasteiger partial charge on any atom is -0.496 e. The minimum atomic E-state index is -1.73. The highest BCUT2D eigenvalue weighted by atomic mass is 35.5. The SMILES string of the molecule is COc1cc(OC)c2c(c1Cl)OC1(C(=O)C=C(NCCC(=O)Nc3nc(C)cs3)CC1C)C2=O. The maximum absolute atomic E-state index is 13.5. The fourth-order valence-corrected chi connectivity index (χ4v) is 5.15. The fourth-order valence-electron chi connectivity index (χ4n) is 4.18. The van der Waals surface area contributed by atoms with Crippen LogP contribution in [0.5, 0.6) is 17.2 Å². The Balaban J connectivity index is 1.48. The van der Waals surface area contributed by atoms with Gasteiger partial charge in [0.25, 0.3) is 0 Å².